The van der Waals surface area contributed by atoms with Gasteiger partial charge in [0.1, 0.15) is 11.6 Å². The van der Waals surface area contributed by atoms with Crippen molar-refractivity contribution in [3.8, 4) is 0 Å². The van der Waals surface area contributed by atoms with Crippen LogP contribution in [0.1, 0.15) is 60.3 Å². The lowest BCUT2D eigenvalue weighted by Gasteiger charge is -2.22. The zero-order valence-corrected chi connectivity index (χ0v) is 13.2. The number of allylic oxidation sites excluding steroid dienone is 2. The second kappa shape index (κ2) is 8.61. The summed E-state index contributed by atoms with van der Waals surface area (Å²) >= 11 is 0. The maximum absolute atomic E-state index is 11.5. The second-order valence-corrected chi connectivity index (χ2v) is 6.10. The molecule has 1 atom stereocenters. The van der Waals surface area contributed by atoms with E-state index in [2.05, 4.69) is 11.4 Å². The van der Waals surface area contributed by atoms with Crippen LogP contribution in [0.15, 0.2) is 11.6 Å². The molecule has 2 N–H and O–H groups in total. The summed E-state index contributed by atoms with van der Waals surface area (Å²) in [5.41, 5.74) is 0.628. The Balaban J connectivity index is 4.15. The van der Waals surface area contributed by atoms with Crippen molar-refractivity contribution < 1.29 is 19.4 Å². The summed E-state index contributed by atoms with van der Waals surface area (Å²) in [6, 6.07) is -0.892. The predicted octanol–water partition coefficient (Wildman–Crippen LogP) is 3.49. The number of rotatable bonds is 7. The van der Waals surface area contributed by atoms with Crippen LogP contribution < -0.4 is 5.32 Å². The fraction of sp³-hybridized carbons (Fsp3) is 0.733. The van der Waals surface area contributed by atoms with E-state index < -0.39 is 23.7 Å². The molecular formula is C15H27NO4. The van der Waals surface area contributed by atoms with Gasteiger partial charge in [0.15, 0.2) is 0 Å². The summed E-state index contributed by atoms with van der Waals surface area (Å²) in [5, 5.41) is 11.5. The molecule has 0 saturated heterocycles. The first kappa shape index (κ1) is 18.5. The molecule has 0 spiro atoms. The number of ether oxygens (including phenoxy) is 1. The number of nitrogens with one attached hydrogen (secondary N) is 1. The Kier molecular flexibility index (Phi) is 7.96. The van der Waals surface area contributed by atoms with Crippen LogP contribution in [-0.2, 0) is 9.53 Å². The van der Waals surface area contributed by atoms with Crippen molar-refractivity contribution >= 4 is 12.1 Å². The Morgan fingerprint density at radius 1 is 1.25 bits per heavy atom. The third-order valence-corrected chi connectivity index (χ3v) is 2.49. The molecule has 0 aliphatic heterocycles. The van der Waals surface area contributed by atoms with Gasteiger partial charge in [-0.25, -0.2) is 9.59 Å². The topological polar surface area (TPSA) is 75.6 Å². The van der Waals surface area contributed by atoms with Gasteiger partial charge in [-0.15, -0.1) is 0 Å². The maximum Gasteiger partial charge on any atom is 0.408 e. The molecule has 0 aromatic heterocycles. The Labute approximate surface area is 121 Å². The molecule has 0 aromatic carbocycles. The van der Waals surface area contributed by atoms with Crippen molar-refractivity contribution in [3.63, 3.8) is 0 Å². The highest BCUT2D eigenvalue weighted by Crippen LogP contribution is 2.09. The van der Waals surface area contributed by atoms with Crippen molar-refractivity contribution in [2.45, 2.75) is 71.9 Å². The largest absolute Gasteiger partial charge is 0.480 e. The lowest BCUT2D eigenvalue weighted by Crippen LogP contribution is -2.43. The number of alkyl carbamates (subject to hydrolysis) is 1. The molecule has 0 aliphatic carbocycles. The highest BCUT2D eigenvalue weighted by Gasteiger charge is 2.23. The number of carbonyl (C=O) groups excluding carboxylic acids is 1. The number of unbranched alkanes of at least 4 members (excludes halogenated alkanes) is 2. The number of amides is 1. The van der Waals surface area contributed by atoms with Gasteiger partial charge in [-0.1, -0.05) is 18.1 Å². The van der Waals surface area contributed by atoms with Gasteiger partial charge in [0.05, 0.1) is 0 Å². The van der Waals surface area contributed by atoms with Crippen LogP contribution >= 0.6 is 0 Å². The zero-order valence-electron chi connectivity index (χ0n) is 13.2. The van der Waals surface area contributed by atoms with Crippen LogP contribution in [0.2, 0.25) is 0 Å². The van der Waals surface area contributed by atoms with Gasteiger partial charge in [0, 0.05) is 0 Å². The number of carboxylic acids is 1. The SMILES string of the molecule is CC(C)=CCCCCC(NC(=O)OC(C)(C)C)C(=O)O. The fourth-order valence-corrected chi connectivity index (χ4v) is 1.59. The average molecular weight is 285 g/mol. The van der Waals surface area contributed by atoms with Crippen molar-refractivity contribution in [2.24, 2.45) is 0 Å². The van der Waals surface area contributed by atoms with Gasteiger partial charge in [-0.3, -0.25) is 0 Å². The van der Waals surface area contributed by atoms with Gasteiger partial charge in [-0.2, -0.15) is 0 Å². The summed E-state index contributed by atoms with van der Waals surface area (Å²) < 4.78 is 5.05. The van der Waals surface area contributed by atoms with Gasteiger partial charge in [0.2, 0.25) is 0 Å². The first-order valence-corrected chi connectivity index (χ1v) is 6.97. The Morgan fingerprint density at radius 2 is 1.85 bits per heavy atom. The number of hydrogen-bond acceptors (Lipinski definition) is 3. The highest BCUT2D eigenvalue weighted by atomic mass is 16.6. The van der Waals surface area contributed by atoms with Gasteiger partial charge in [0.25, 0.3) is 0 Å². The van der Waals surface area contributed by atoms with Crippen molar-refractivity contribution in [3.05, 3.63) is 11.6 Å². The molecule has 0 radical (unpaired) electrons. The lowest BCUT2D eigenvalue weighted by molar-refractivity contribution is -0.139. The van der Waals surface area contributed by atoms with E-state index in [-0.39, 0.29) is 0 Å². The molecule has 0 bridgehead atoms. The van der Waals surface area contributed by atoms with Gasteiger partial charge < -0.3 is 15.2 Å². The fourth-order valence-electron chi connectivity index (χ4n) is 1.59. The summed E-state index contributed by atoms with van der Waals surface area (Å²) in [4.78, 5) is 22.6. The normalized spacial score (nSPS) is 12.4. The molecule has 0 aliphatic rings. The Morgan fingerprint density at radius 3 is 2.30 bits per heavy atom. The summed E-state index contributed by atoms with van der Waals surface area (Å²) in [6.45, 7) is 9.28. The molecule has 116 valence electrons. The van der Waals surface area contributed by atoms with E-state index in [0.29, 0.717) is 6.42 Å². The monoisotopic (exact) mass is 285 g/mol. The summed E-state index contributed by atoms with van der Waals surface area (Å²) in [7, 11) is 0. The van der Waals surface area contributed by atoms with Crippen LogP contribution in [0.5, 0.6) is 0 Å². The smallest absolute Gasteiger partial charge is 0.408 e. The van der Waals surface area contributed by atoms with Gasteiger partial charge >= 0.3 is 12.1 Å². The third kappa shape index (κ3) is 10.4. The van der Waals surface area contributed by atoms with E-state index in [1.54, 1.807) is 20.8 Å². The molecule has 0 fully saturated rings. The van der Waals surface area contributed by atoms with E-state index >= 15 is 0 Å². The molecule has 5 heteroatoms. The van der Waals surface area contributed by atoms with Crippen LogP contribution in [0.4, 0.5) is 4.79 Å². The van der Waals surface area contributed by atoms with Crippen molar-refractivity contribution in [1.29, 1.82) is 0 Å². The molecule has 1 unspecified atom stereocenters. The molecule has 0 heterocycles. The average Bonchev–Trinajstić information content (AvgIpc) is 2.23. The zero-order chi connectivity index (χ0) is 15.8. The van der Waals surface area contributed by atoms with Crippen molar-refractivity contribution in [1.82, 2.24) is 5.32 Å². The molecular weight excluding hydrogens is 258 g/mol. The molecule has 20 heavy (non-hydrogen) atoms. The van der Waals surface area contributed by atoms with Crippen molar-refractivity contribution in [2.75, 3.05) is 0 Å². The van der Waals surface area contributed by atoms with Crippen LogP contribution in [-0.4, -0.2) is 28.8 Å². The molecule has 0 aromatic rings. The first-order valence-electron chi connectivity index (χ1n) is 6.97. The molecule has 1 amide bonds. The quantitative estimate of drug-likeness (QED) is 0.554. The van der Waals surface area contributed by atoms with E-state index in [1.807, 2.05) is 13.8 Å². The standard InChI is InChI=1S/C15H27NO4/c1-11(2)9-7-6-8-10-12(13(17)18)16-14(19)20-15(3,4)5/h9,12H,6-8,10H2,1-5H3,(H,16,19)(H,17,18). The van der Waals surface area contributed by atoms with E-state index in [0.717, 1.165) is 19.3 Å². The predicted molar refractivity (Wildman–Crippen MR) is 78.7 cm³/mol. The second-order valence-electron chi connectivity index (χ2n) is 6.10. The van der Waals surface area contributed by atoms with E-state index in [9.17, 15) is 9.59 Å². The minimum atomic E-state index is -1.03. The minimum absolute atomic E-state index is 0.408. The summed E-state index contributed by atoms with van der Waals surface area (Å²) in [5.74, 6) is -1.03. The van der Waals surface area contributed by atoms with E-state index in [4.69, 9.17) is 9.84 Å². The van der Waals surface area contributed by atoms with Crippen LogP contribution in [0.25, 0.3) is 0 Å². The Hall–Kier alpha value is -1.52. The maximum atomic E-state index is 11.5. The number of carbonyl (C=O) groups is 2. The number of hydrogen-bond donors (Lipinski definition) is 2. The summed E-state index contributed by atoms with van der Waals surface area (Å²) in [6.07, 6.45) is 4.43. The molecule has 0 rings (SSSR count). The lowest BCUT2D eigenvalue weighted by atomic mass is 10.1. The molecule has 0 saturated carbocycles. The van der Waals surface area contributed by atoms with Crippen LogP contribution in [0, 0.1) is 0 Å². The van der Waals surface area contributed by atoms with Gasteiger partial charge in [-0.05, 0) is 53.9 Å². The number of carboxylic acid groups (broad SMARTS) is 1. The first-order chi connectivity index (χ1) is 9.11. The minimum Gasteiger partial charge on any atom is -0.480 e. The third-order valence-electron chi connectivity index (χ3n) is 2.49. The number of aliphatic carboxylic acids is 1. The highest BCUT2D eigenvalue weighted by molar-refractivity contribution is 5.79. The molecule has 5 nitrogen and oxygen atoms in total. The van der Waals surface area contributed by atoms with Crippen LogP contribution in [0.3, 0.4) is 0 Å². The van der Waals surface area contributed by atoms with E-state index in [1.165, 1.54) is 5.57 Å². The Bertz CT molecular complexity index is 351.